The quantitative estimate of drug-likeness (QED) is 0.735. The van der Waals surface area contributed by atoms with Crippen molar-refractivity contribution in [1.29, 1.82) is 0 Å². The highest BCUT2D eigenvalue weighted by molar-refractivity contribution is 6.10. The molecule has 1 fully saturated rings. The predicted octanol–water partition coefficient (Wildman–Crippen LogP) is 3.20. The second-order valence-electron chi connectivity index (χ2n) is 7.45. The standard InChI is InChI=1S/C24H20O7/c1-27-24(11-21-20(10-22(24)25)30-14-31-21)18-13-29-19-9-16(7-8-17(19)23(18)26)28-12-15-5-3-2-4-6-15/h2-11,18H,12-14H2,1H3. The van der Waals surface area contributed by atoms with Gasteiger partial charge in [0.25, 0.3) is 0 Å². The first kappa shape index (κ1) is 19.4. The molecule has 2 aromatic rings. The van der Waals surface area contributed by atoms with E-state index in [2.05, 4.69) is 0 Å². The molecule has 0 radical (unpaired) electrons. The molecule has 31 heavy (non-hydrogen) atoms. The van der Waals surface area contributed by atoms with E-state index < -0.39 is 11.5 Å². The van der Waals surface area contributed by atoms with Gasteiger partial charge in [0, 0.05) is 25.3 Å². The zero-order chi connectivity index (χ0) is 21.4. The van der Waals surface area contributed by atoms with E-state index in [4.69, 9.17) is 23.7 Å². The van der Waals surface area contributed by atoms with Gasteiger partial charge >= 0.3 is 0 Å². The lowest BCUT2D eigenvalue weighted by molar-refractivity contribution is -0.136. The number of rotatable bonds is 5. The van der Waals surface area contributed by atoms with Gasteiger partial charge in [0.1, 0.15) is 24.7 Å². The van der Waals surface area contributed by atoms with Crippen molar-refractivity contribution < 1.29 is 33.3 Å². The molecule has 0 bridgehead atoms. The summed E-state index contributed by atoms with van der Waals surface area (Å²) < 4.78 is 28.0. The summed E-state index contributed by atoms with van der Waals surface area (Å²) in [4.78, 5) is 26.2. The van der Waals surface area contributed by atoms with Crippen molar-refractivity contribution in [2.24, 2.45) is 5.92 Å². The number of ketones is 2. The largest absolute Gasteiger partial charge is 0.492 e. The number of methoxy groups -OCH3 is 1. The maximum Gasteiger partial charge on any atom is 0.231 e. The van der Waals surface area contributed by atoms with Crippen molar-refractivity contribution >= 4 is 11.6 Å². The van der Waals surface area contributed by atoms with Crippen LogP contribution in [0.3, 0.4) is 0 Å². The van der Waals surface area contributed by atoms with Crippen LogP contribution in [0.15, 0.2) is 72.2 Å². The van der Waals surface area contributed by atoms with E-state index in [-0.39, 0.29) is 25.0 Å². The Morgan fingerprint density at radius 2 is 1.84 bits per heavy atom. The molecule has 1 aliphatic carbocycles. The van der Waals surface area contributed by atoms with Crippen LogP contribution in [0, 0.1) is 5.92 Å². The second-order valence-corrected chi connectivity index (χ2v) is 7.45. The lowest BCUT2D eigenvalue weighted by Crippen LogP contribution is -2.53. The maximum absolute atomic E-state index is 13.3. The van der Waals surface area contributed by atoms with Crippen LogP contribution in [-0.2, 0) is 25.6 Å². The Morgan fingerprint density at radius 3 is 2.65 bits per heavy atom. The van der Waals surface area contributed by atoms with E-state index in [0.717, 1.165) is 5.56 Å². The minimum Gasteiger partial charge on any atom is -0.492 e. The van der Waals surface area contributed by atoms with E-state index in [0.29, 0.717) is 35.2 Å². The van der Waals surface area contributed by atoms with Crippen molar-refractivity contribution in [2.75, 3.05) is 20.5 Å². The summed E-state index contributed by atoms with van der Waals surface area (Å²) in [6.45, 7) is 0.414. The predicted molar refractivity (Wildman–Crippen MR) is 108 cm³/mol. The third kappa shape index (κ3) is 3.27. The highest BCUT2D eigenvalue weighted by atomic mass is 16.7. The molecule has 7 heteroatoms. The van der Waals surface area contributed by atoms with Crippen LogP contribution in [0.4, 0.5) is 0 Å². The van der Waals surface area contributed by atoms with Crippen LogP contribution in [0.2, 0.25) is 0 Å². The van der Waals surface area contributed by atoms with Crippen LogP contribution < -0.4 is 9.47 Å². The summed E-state index contributed by atoms with van der Waals surface area (Å²) in [6.07, 6.45) is 2.83. The SMILES string of the molecule is COC1(C2COc3cc(OCc4ccccc4)ccc3C2=O)C=C2OCOC2=CC1=O. The average Bonchev–Trinajstić information content (AvgIpc) is 3.25. The molecule has 0 aromatic heterocycles. The van der Waals surface area contributed by atoms with Gasteiger partial charge in [-0.3, -0.25) is 9.59 Å². The zero-order valence-corrected chi connectivity index (χ0v) is 16.8. The Kier molecular flexibility index (Phi) is 4.75. The van der Waals surface area contributed by atoms with Crippen molar-refractivity contribution in [3.63, 3.8) is 0 Å². The number of fused-ring (bicyclic) bond motifs is 2. The first-order chi connectivity index (χ1) is 15.1. The van der Waals surface area contributed by atoms with Gasteiger partial charge < -0.3 is 23.7 Å². The van der Waals surface area contributed by atoms with Crippen LogP contribution in [-0.4, -0.2) is 37.7 Å². The lowest BCUT2D eigenvalue weighted by atomic mass is 9.75. The number of carbonyl (C=O) groups excluding carboxylic acids is 2. The number of hydrogen-bond donors (Lipinski definition) is 0. The number of benzene rings is 2. The minimum atomic E-state index is -1.51. The molecule has 2 atom stereocenters. The van der Waals surface area contributed by atoms with E-state index in [1.54, 1.807) is 18.2 Å². The van der Waals surface area contributed by atoms with Crippen LogP contribution in [0.25, 0.3) is 0 Å². The van der Waals surface area contributed by atoms with Gasteiger partial charge in [-0.05, 0) is 17.7 Å². The van der Waals surface area contributed by atoms with Crippen LogP contribution in [0.5, 0.6) is 11.5 Å². The van der Waals surface area contributed by atoms with Crippen LogP contribution >= 0.6 is 0 Å². The van der Waals surface area contributed by atoms with Crippen LogP contribution in [0.1, 0.15) is 15.9 Å². The number of carbonyl (C=O) groups is 2. The highest BCUT2D eigenvalue weighted by Crippen LogP contribution is 2.41. The Labute approximate surface area is 178 Å². The first-order valence-corrected chi connectivity index (χ1v) is 9.88. The second kappa shape index (κ2) is 7.59. The fraction of sp³-hybridized carbons (Fsp3) is 0.250. The molecule has 0 N–H and O–H groups in total. The Morgan fingerprint density at radius 1 is 1.03 bits per heavy atom. The monoisotopic (exact) mass is 420 g/mol. The summed E-state index contributed by atoms with van der Waals surface area (Å²) >= 11 is 0. The molecule has 2 aromatic carbocycles. The molecule has 0 amide bonds. The molecule has 0 saturated carbocycles. The molecule has 2 aliphatic heterocycles. The van der Waals surface area contributed by atoms with Gasteiger partial charge in [-0.2, -0.15) is 0 Å². The molecular formula is C24H20O7. The van der Waals surface area contributed by atoms with E-state index in [1.807, 2.05) is 30.3 Å². The van der Waals surface area contributed by atoms with Gasteiger partial charge in [-0.25, -0.2) is 0 Å². The summed E-state index contributed by atoms with van der Waals surface area (Å²) in [7, 11) is 1.40. The minimum absolute atomic E-state index is 0.0125. The molecule has 158 valence electrons. The van der Waals surface area contributed by atoms with Gasteiger partial charge in [-0.15, -0.1) is 0 Å². The van der Waals surface area contributed by atoms with Crippen molar-refractivity contribution in [1.82, 2.24) is 0 Å². The fourth-order valence-corrected chi connectivity index (χ4v) is 4.01. The van der Waals surface area contributed by atoms with Gasteiger partial charge in [0.15, 0.2) is 28.7 Å². The van der Waals surface area contributed by atoms with Gasteiger partial charge in [0.2, 0.25) is 6.79 Å². The third-order valence-corrected chi connectivity index (χ3v) is 5.71. The molecule has 2 unspecified atom stereocenters. The van der Waals surface area contributed by atoms with E-state index in [9.17, 15) is 9.59 Å². The van der Waals surface area contributed by atoms with E-state index >= 15 is 0 Å². The Hall–Kier alpha value is -3.58. The number of hydrogen-bond acceptors (Lipinski definition) is 7. The fourth-order valence-electron chi connectivity index (χ4n) is 4.01. The average molecular weight is 420 g/mol. The third-order valence-electron chi connectivity index (χ3n) is 5.71. The highest BCUT2D eigenvalue weighted by Gasteiger charge is 2.53. The topological polar surface area (TPSA) is 80.3 Å². The van der Waals surface area contributed by atoms with Crippen molar-refractivity contribution in [2.45, 2.75) is 12.2 Å². The summed E-state index contributed by atoms with van der Waals surface area (Å²) in [5.41, 5.74) is -0.0953. The van der Waals surface area contributed by atoms with Crippen molar-refractivity contribution in [3.8, 4) is 11.5 Å². The smallest absolute Gasteiger partial charge is 0.231 e. The molecular weight excluding hydrogens is 400 g/mol. The summed E-state index contributed by atoms with van der Waals surface area (Å²) in [5, 5.41) is 0. The first-order valence-electron chi connectivity index (χ1n) is 9.88. The van der Waals surface area contributed by atoms with Crippen molar-refractivity contribution in [3.05, 3.63) is 83.3 Å². The molecule has 0 spiro atoms. The Bertz CT molecular complexity index is 1100. The summed E-state index contributed by atoms with van der Waals surface area (Å²) in [6, 6.07) is 14.9. The molecule has 2 heterocycles. The Balaban J connectivity index is 1.39. The number of ether oxygens (including phenoxy) is 5. The maximum atomic E-state index is 13.3. The molecule has 1 saturated heterocycles. The van der Waals surface area contributed by atoms with Gasteiger partial charge in [-0.1, -0.05) is 30.3 Å². The molecule has 3 aliphatic rings. The molecule has 7 nitrogen and oxygen atoms in total. The number of Topliss-reactive ketones (excluding diaryl/α,β-unsaturated/α-hetero) is 1. The normalized spacial score (nSPS) is 24.1. The zero-order valence-electron chi connectivity index (χ0n) is 16.8. The van der Waals surface area contributed by atoms with E-state index in [1.165, 1.54) is 19.3 Å². The van der Waals surface area contributed by atoms with Gasteiger partial charge in [0.05, 0.1) is 11.5 Å². The lowest BCUT2D eigenvalue weighted by Gasteiger charge is -2.37. The summed E-state index contributed by atoms with van der Waals surface area (Å²) in [5.74, 6) is 0.280. The molecule has 5 rings (SSSR count).